The maximum atomic E-state index is 12.9. The fraction of sp³-hybridized carbons (Fsp3) is 0.263. The van der Waals surface area contributed by atoms with E-state index in [1.165, 1.54) is 4.88 Å². The first-order valence-corrected chi connectivity index (χ1v) is 9.60. The van der Waals surface area contributed by atoms with E-state index in [9.17, 15) is 4.79 Å². The highest BCUT2D eigenvalue weighted by Crippen LogP contribution is 2.20. The van der Waals surface area contributed by atoms with E-state index < -0.39 is 0 Å². The predicted molar refractivity (Wildman–Crippen MR) is 105 cm³/mol. The van der Waals surface area contributed by atoms with E-state index in [0.717, 1.165) is 16.7 Å². The minimum Gasteiger partial charge on any atom is -0.348 e. The average Bonchev–Trinajstić information content (AvgIpc) is 3.38. The van der Waals surface area contributed by atoms with Crippen LogP contribution in [-0.2, 0) is 13.1 Å². The van der Waals surface area contributed by atoms with Crippen molar-refractivity contribution in [1.82, 2.24) is 29.6 Å². The second-order valence-electron chi connectivity index (χ2n) is 6.56. The average molecular weight is 380 g/mol. The molecule has 0 aliphatic rings. The lowest BCUT2D eigenvalue weighted by molar-refractivity contribution is 0.0938. The second-order valence-corrected chi connectivity index (χ2v) is 7.60. The van der Waals surface area contributed by atoms with E-state index in [1.54, 1.807) is 30.1 Å². The van der Waals surface area contributed by atoms with E-state index in [-0.39, 0.29) is 11.9 Å². The summed E-state index contributed by atoms with van der Waals surface area (Å²) in [4.78, 5) is 22.7. The Bertz CT molecular complexity index is 1050. The molecule has 0 bridgehead atoms. The number of aryl methyl sites for hydroxylation is 1. The Kier molecular flexibility index (Phi) is 4.72. The maximum Gasteiger partial charge on any atom is 0.252 e. The minimum absolute atomic E-state index is 0.0311. The molecule has 1 unspecified atom stereocenters. The first-order chi connectivity index (χ1) is 13.1. The highest BCUT2D eigenvalue weighted by atomic mass is 32.1. The van der Waals surface area contributed by atoms with Gasteiger partial charge in [0.1, 0.15) is 0 Å². The van der Waals surface area contributed by atoms with Gasteiger partial charge >= 0.3 is 0 Å². The Morgan fingerprint density at radius 3 is 3.04 bits per heavy atom. The standard InChI is InChI=1S/C19H20N6OS/c1-13-8-16(19(26)23-14(2)10-24-6-5-20-12-24)17-9-21-25(18(17)22-13)11-15-4-3-7-27-15/h3-9,12,14H,10-11H2,1-2H3,(H,23,26). The van der Waals surface area contributed by atoms with Crippen molar-refractivity contribution in [3.63, 3.8) is 0 Å². The summed E-state index contributed by atoms with van der Waals surface area (Å²) in [6, 6.07) is 5.87. The maximum absolute atomic E-state index is 12.9. The highest BCUT2D eigenvalue weighted by Gasteiger charge is 2.17. The smallest absolute Gasteiger partial charge is 0.252 e. The molecule has 4 aromatic heterocycles. The third-order valence-electron chi connectivity index (χ3n) is 4.29. The first-order valence-electron chi connectivity index (χ1n) is 8.72. The van der Waals surface area contributed by atoms with Crippen LogP contribution in [0.15, 0.2) is 48.5 Å². The van der Waals surface area contributed by atoms with Crippen LogP contribution < -0.4 is 5.32 Å². The monoisotopic (exact) mass is 380 g/mol. The molecule has 0 saturated heterocycles. The van der Waals surface area contributed by atoms with Crippen molar-refractivity contribution in [3.05, 3.63) is 64.6 Å². The normalized spacial score (nSPS) is 12.4. The Balaban J connectivity index is 1.59. The molecular formula is C19H20N6OS. The van der Waals surface area contributed by atoms with Crippen LogP contribution in [0.5, 0.6) is 0 Å². The van der Waals surface area contributed by atoms with Crippen LogP contribution in [0.2, 0.25) is 0 Å². The molecule has 0 aliphatic heterocycles. The zero-order chi connectivity index (χ0) is 18.8. The lowest BCUT2D eigenvalue weighted by Crippen LogP contribution is -2.35. The predicted octanol–water partition coefficient (Wildman–Crippen LogP) is 2.86. The molecule has 4 heterocycles. The summed E-state index contributed by atoms with van der Waals surface area (Å²) in [6.07, 6.45) is 7.08. The SMILES string of the molecule is Cc1cc(C(=O)NC(C)Cn2ccnc2)c2cnn(Cc3cccs3)c2n1. The highest BCUT2D eigenvalue weighted by molar-refractivity contribution is 7.09. The summed E-state index contributed by atoms with van der Waals surface area (Å²) in [5.74, 6) is -0.117. The molecule has 8 heteroatoms. The topological polar surface area (TPSA) is 77.6 Å². The van der Waals surface area contributed by atoms with Crippen LogP contribution in [0.25, 0.3) is 11.0 Å². The summed E-state index contributed by atoms with van der Waals surface area (Å²) in [6.45, 7) is 5.18. The van der Waals surface area contributed by atoms with Gasteiger partial charge in [0.2, 0.25) is 0 Å². The molecule has 0 saturated carbocycles. The molecule has 0 radical (unpaired) electrons. The second kappa shape index (κ2) is 7.32. The molecular weight excluding hydrogens is 360 g/mol. The van der Waals surface area contributed by atoms with Gasteiger partial charge < -0.3 is 9.88 Å². The van der Waals surface area contributed by atoms with Gasteiger partial charge in [-0.3, -0.25) is 4.79 Å². The van der Waals surface area contributed by atoms with Crippen molar-refractivity contribution in [1.29, 1.82) is 0 Å². The number of amides is 1. The molecule has 0 fully saturated rings. The summed E-state index contributed by atoms with van der Waals surface area (Å²) in [5, 5.41) is 10.3. The van der Waals surface area contributed by atoms with Gasteiger partial charge in [-0.25, -0.2) is 14.6 Å². The third-order valence-corrected chi connectivity index (χ3v) is 5.15. The number of imidazole rings is 1. The number of carbonyl (C=O) groups excluding carboxylic acids is 1. The van der Waals surface area contributed by atoms with E-state index >= 15 is 0 Å². The number of pyridine rings is 1. The molecule has 1 atom stereocenters. The third kappa shape index (κ3) is 3.75. The first kappa shape index (κ1) is 17.4. The number of aromatic nitrogens is 5. The Morgan fingerprint density at radius 1 is 1.41 bits per heavy atom. The van der Waals surface area contributed by atoms with Gasteiger partial charge in [0.25, 0.3) is 5.91 Å². The van der Waals surface area contributed by atoms with Crippen molar-refractivity contribution in [2.75, 3.05) is 0 Å². The minimum atomic E-state index is -0.117. The molecule has 0 aromatic carbocycles. The number of carbonyl (C=O) groups is 1. The van der Waals surface area contributed by atoms with E-state index in [1.807, 2.05) is 46.8 Å². The van der Waals surface area contributed by atoms with Gasteiger partial charge in [-0.05, 0) is 31.4 Å². The number of thiophene rings is 1. The van der Waals surface area contributed by atoms with E-state index in [2.05, 4.69) is 26.4 Å². The fourth-order valence-electron chi connectivity index (χ4n) is 3.08. The van der Waals surface area contributed by atoms with E-state index in [4.69, 9.17) is 0 Å². The summed E-state index contributed by atoms with van der Waals surface area (Å²) < 4.78 is 3.79. The van der Waals surface area contributed by atoms with Crippen LogP contribution in [0, 0.1) is 6.92 Å². The largest absolute Gasteiger partial charge is 0.348 e. The zero-order valence-corrected chi connectivity index (χ0v) is 16.0. The number of nitrogens with one attached hydrogen (secondary N) is 1. The van der Waals surface area contributed by atoms with Crippen molar-refractivity contribution in [2.45, 2.75) is 33.0 Å². The van der Waals surface area contributed by atoms with Crippen molar-refractivity contribution < 1.29 is 4.79 Å². The number of nitrogens with zero attached hydrogens (tertiary/aromatic N) is 5. The molecule has 1 N–H and O–H groups in total. The van der Waals surface area contributed by atoms with Gasteiger partial charge in [0.15, 0.2) is 5.65 Å². The molecule has 27 heavy (non-hydrogen) atoms. The molecule has 7 nitrogen and oxygen atoms in total. The number of fused-ring (bicyclic) bond motifs is 1. The lowest BCUT2D eigenvalue weighted by Gasteiger charge is -2.15. The van der Waals surface area contributed by atoms with Crippen molar-refractivity contribution in [2.24, 2.45) is 0 Å². The zero-order valence-electron chi connectivity index (χ0n) is 15.2. The Morgan fingerprint density at radius 2 is 2.30 bits per heavy atom. The van der Waals surface area contributed by atoms with Gasteiger partial charge in [0.05, 0.1) is 30.0 Å². The number of hydrogen-bond acceptors (Lipinski definition) is 5. The molecule has 4 aromatic rings. The molecule has 138 valence electrons. The van der Waals surface area contributed by atoms with Crippen LogP contribution in [0.3, 0.4) is 0 Å². The van der Waals surface area contributed by atoms with Crippen molar-refractivity contribution in [3.8, 4) is 0 Å². The van der Waals surface area contributed by atoms with E-state index in [0.29, 0.717) is 18.7 Å². The van der Waals surface area contributed by atoms with Crippen molar-refractivity contribution >= 4 is 28.3 Å². The summed E-state index contributed by atoms with van der Waals surface area (Å²) in [5.41, 5.74) is 2.13. The number of rotatable bonds is 6. The molecule has 4 rings (SSSR count). The van der Waals surface area contributed by atoms with Gasteiger partial charge in [0, 0.05) is 35.6 Å². The molecule has 1 amide bonds. The Hall–Kier alpha value is -3.00. The van der Waals surface area contributed by atoms with Crippen LogP contribution in [0.1, 0.15) is 27.9 Å². The molecule has 0 aliphatic carbocycles. The van der Waals surface area contributed by atoms with Crippen LogP contribution in [-0.4, -0.2) is 36.3 Å². The van der Waals surface area contributed by atoms with Crippen LogP contribution >= 0.6 is 11.3 Å². The lowest BCUT2D eigenvalue weighted by atomic mass is 10.1. The quantitative estimate of drug-likeness (QED) is 0.558. The Labute approximate surface area is 160 Å². The molecule has 0 spiro atoms. The summed E-state index contributed by atoms with van der Waals surface area (Å²) >= 11 is 1.68. The summed E-state index contributed by atoms with van der Waals surface area (Å²) in [7, 11) is 0. The van der Waals surface area contributed by atoms with Gasteiger partial charge in [-0.15, -0.1) is 11.3 Å². The number of hydrogen-bond donors (Lipinski definition) is 1. The van der Waals surface area contributed by atoms with Crippen LogP contribution in [0.4, 0.5) is 0 Å². The fourth-order valence-corrected chi connectivity index (χ4v) is 3.77. The van der Waals surface area contributed by atoms with Gasteiger partial charge in [-0.2, -0.15) is 5.10 Å². The van der Waals surface area contributed by atoms with Gasteiger partial charge in [-0.1, -0.05) is 6.07 Å².